The highest BCUT2D eigenvalue weighted by molar-refractivity contribution is 8.00. The van der Waals surface area contributed by atoms with Crippen molar-refractivity contribution in [1.29, 1.82) is 0 Å². The monoisotopic (exact) mass is 322 g/mol. The molecule has 1 aromatic rings. The number of hydrogen-bond donors (Lipinski definition) is 2. The Balaban J connectivity index is 1.89. The Morgan fingerprint density at radius 3 is 2.77 bits per heavy atom. The zero-order valence-electron chi connectivity index (χ0n) is 12.7. The van der Waals surface area contributed by atoms with Crippen LogP contribution >= 0.6 is 11.8 Å². The molecule has 1 saturated heterocycles. The van der Waals surface area contributed by atoms with Gasteiger partial charge in [-0.2, -0.15) is 11.8 Å². The maximum absolute atomic E-state index is 10.6. The van der Waals surface area contributed by atoms with E-state index < -0.39 is 4.92 Å². The van der Waals surface area contributed by atoms with E-state index in [0.717, 1.165) is 24.6 Å². The van der Waals surface area contributed by atoms with Gasteiger partial charge in [-0.15, -0.1) is 0 Å². The van der Waals surface area contributed by atoms with Gasteiger partial charge < -0.3 is 10.6 Å². The van der Waals surface area contributed by atoms with Crippen molar-refractivity contribution in [3.63, 3.8) is 0 Å². The van der Waals surface area contributed by atoms with E-state index >= 15 is 0 Å². The van der Waals surface area contributed by atoms with Crippen molar-refractivity contribution in [3.8, 4) is 0 Å². The molecule has 0 radical (unpaired) electrons. The number of nitrogens with one attached hydrogen (secondary N) is 2. The molecule has 1 fully saturated rings. The second-order valence-corrected chi connectivity index (χ2v) is 6.54. The van der Waals surface area contributed by atoms with Crippen LogP contribution in [-0.4, -0.2) is 35.0 Å². The Morgan fingerprint density at radius 2 is 2.18 bits per heavy atom. The van der Waals surface area contributed by atoms with Gasteiger partial charge in [0.25, 0.3) is 5.69 Å². The van der Waals surface area contributed by atoms with Crippen molar-refractivity contribution in [3.05, 3.63) is 39.9 Å². The number of rotatable bonds is 6. The lowest BCUT2D eigenvalue weighted by Gasteiger charge is -2.14. The molecule has 22 heavy (non-hydrogen) atoms. The molecule has 1 unspecified atom stereocenters. The molecule has 7 heteroatoms. The number of nitro groups is 1. The van der Waals surface area contributed by atoms with Crippen LogP contribution in [0.1, 0.15) is 25.3 Å². The van der Waals surface area contributed by atoms with Gasteiger partial charge in [0.15, 0.2) is 5.96 Å². The summed E-state index contributed by atoms with van der Waals surface area (Å²) in [6.07, 6.45) is 2.56. The summed E-state index contributed by atoms with van der Waals surface area (Å²) in [5, 5.41) is 17.9. The SMILES string of the molecule is CCNC(=NCc1ccc([N+](=O)[O-])cc1)NCC1CCCS1. The van der Waals surface area contributed by atoms with Crippen molar-refractivity contribution >= 4 is 23.4 Å². The molecule has 120 valence electrons. The predicted octanol–water partition coefficient (Wildman–Crippen LogP) is 2.55. The van der Waals surface area contributed by atoms with Crippen LogP contribution in [0.5, 0.6) is 0 Å². The fourth-order valence-electron chi connectivity index (χ4n) is 2.25. The molecule has 1 aromatic carbocycles. The molecular formula is C15H22N4O2S. The number of guanidine groups is 1. The highest BCUT2D eigenvalue weighted by atomic mass is 32.2. The van der Waals surface area contributed by atoms with E-state index in [2.05, 4.69) is 15.6 Å². The van der Waals surface area contributed by atoms with Crippen LogP contribution in [0, 0.1) is 10.1 Å². The number of thioether (sulfide) groups is 1. The predicted molar refractivity (Wildman–Crippen MR) is 91.4 cm³/mol. The van der Waals surface area contributed by atoms with Gasteiger partial charge in [-0.25, -0.2) is 4.99 Å². The Morgan fingerprint density at radius 1 is 1.41 bits per heavy atom. The van der Waals surface area contributed by atoms with Gasteiger partial charge in [0.05, 0.1) is 11.5 Å². The molecule has 0 bridgehead atoms. The van der Waals surface area contributed by atoms with Crippen molar-refractivity contribution in [2.45, 2.75) is 31.6 Å². The minimum atomic E-state index is -0.391. The third-order valence-electron chi connectivity index (χ3n) is 3.43. The van der Waals surface area contributed by atoms with Crippen molar-refractivity contribution in [2.75, 3.05) is 18.8 Å². The lowest BCUT2D eigenvalue weighted by molar-refractivity contribution is -0.384. The second-order valence-electron chi connectivity index (χ2n) is 5.13. The van der Waals surface area contributed by atoms with Crippen molar-refractivity contribution in [2.24, 2.45) is 4.99 Å². The molecule has 1 heterocycles. The van der Waals surface area contributed by atoms with Crippen LogP contribution in [0.25, 0.3) is 0 Å². The summed E-state index contributed by atoms with van der Waals surface area (Å²) in [5.74, 6) is 2.05. The summed E-state index contributed by atoms with van der Waals surface area (Å²) in [7, 11) is 0. The summed E-state index contributed by atoms with van der Waals surface area (Å²) >= 11 is 2.01. The Labute approximate surface area is 134 Å². The molecule has 0 amide bonds. The smallest absolute Gasteiger partial charge is 0.269 e. The quantitative estimate of drug-likeness (QED) is 0.364. The first-order valence-corrected chi connectivity index (χ1v) is 8.61. The maximum atomic E-state index is 10.6. The highest BCUT2D eigenvalue weighted by Gasteiger charge is 2.15. The Kier molecular flexibility index (Phi) is 6.51. The fourth-order valence-corrected chi connectivity index (χ4v) is 3.45. The van der Waals surface area contributed by atoms with Gasteiger partial charge in [-0.3, -0.25) is 10.1 Å². The average Bonchev–Trinajstić information content (AvgIpc) is 3.04. The first-order chi connectivity index (χ1) is 10.7. The number of benzene rings is 1. The fraction of sp³-hybridized carbons (Fsp3) is 0.533. The van der Waals surface area contributed by atoms with Gasteiger partial charge in [0.1, 0.15) is 0 Å². The normalized spacial score (nSPS) is 18.2. The first-order valence-electron chi connectivity index (χ1n) is 7.56. The molecule has 0 spiro atoms. The third-order valence-corrected chi connectivity index (χ3v) is 4.83. The second kappa shape index (κ2) is 8.63. The van der Waals surface area contributed by atoms with Crippen LogP contribution < -0.4 is 10.6 Å². The molecule has 1 aliphatic heterocycles. The highest BCUT2D eigenvalue weighted by Crippen LogP contribution is 2.25. The first kappa shape index (κ1) is 16.6. The van der Waals surface area contributed by atoms with E-state index in [9.17, 15) is 10.1 Å². The molecule has 2 rings (SSSR count). The van der Waals surface area contributed by atoms with Crippen molar-refractivity contribution < 1.29 is 4.92 Å². The number of non-ortho nitro benzene ring substituents is 1. The topological polar surface area (TPSA) is 79.6 Å². The summed E-state index contributed by atoms with van der Waals surface area (Å²) in [4.78, 5) is 14.8. The summed E-state index contributed by atoms with van der Waals surface area (Å²) in [6, 6.07) is 6.52. The van der Waals surface area contributed by atoms with Crippen molar-refractivity contribution in [1.82, 2.24) is 10.6 Å². The van der Waals surface area contributed by atoms with Gasteiger partial charge in [-0.05, 0) is 31.1 Å². The summed E-state index contributed by atoms with van der Waals surface area (Å²) in [6.45, 7) is 4.28. The summed E-state index contributed by atoms with van der Waals surface area (Å²) in [5.41, 5.74) is 1.06. The molecule has 0 saturated carbocycles. The van der Waals surface area contributed by atoms with Crippen LogP contribution in [0.2, 0.25) is 0 Å². The van der Waals surface area contributed by atoms with E-state index in [0.29, 0.717) is 11.8 Å². The number of nitro benzene ring substituents is 1. The standard InChI is InChI=1S/C15H22N4O2S/c1-2-16-15(18-11-14-4-3-9-22-14)17-10-12-5-7-13(8-6-12)19(20)21/h5-8,14H,2-4,9-11H2,1H3,(H2,16,17,18). The lowest BCUT2D eigenvalue weighted by atomic mass is 10.2. The molecule has 1 atom stereocenters. The van der Waals surface area contributed by atoms with Gasteiger partial charge in [0, 0.05) is 30.5 Å². The minimum Gasteiger partial charge on any atom is -0.357 e. The molecule has 1 aliphatic rings. The van der Waals surface area contributed by atoms with Gasteiger partial charge in [-0.1, -0.05) is 12.1 Å². The zero-order chi connectivity index (χ0) is 15.8. The third kappa shape index (κ3) is 5.22. The number of hydrogen-bond acceptors (Lipinski definition) is 4. The number of nitrogens with zero attached hydrogens (tertiary/aromatic N) is 2. The largest absolute Gasteiger partial charge is 0.357 e. The van der Waals surface area contributed by atoms with E-state index in [1.54, 1.807) is 12.1 Å². The van der Waals surface area contributed by atoms with Crippen LogP contribution in [0.15, 0.2) is 29.3 Å². The van der Waals surface area contributed by atoms with E-state index in [-0.39, 0.29) is 5.69 Å². The van der Waals surface area contributed by atoms with Gasteiger partial charge >= 0.3 is 0 Å². The Hall–Kier alpha value is -1.76. The average molecular weight is 322 g/mol. The molecule has 2 N–H and O–H groups in total. The zero-order valence-corrected chi connectivity index (χ0v) is 13.6. The van der Waals surface area contributed by atoms with E-state index in [1.165, 1.54) is 30.7 Å². The van der Waals surface area contributed by atoms with Crippen LogP contribution in [0.3, 0.4) is 0 Å². The summed E-state index contributed by atoms with van der Waals surface area (Å²) < 4.78 is 0. The lowest BCUT2D eigenvalue weighted by Crippen LogP contribution is -2.40. The molecular weight excluding hydrogens is 300 g/mol. The molecule has 6 nitrogen and oxygen atoms in total. The maximum Gasteiger partial charge on any atom is 0.269 e. The van der Waals surface area contributed by atoms with E-state index in [1.807, 2.05) is 18.7 Å². The van der Waals surface area contributed by atoms with Crippen LogP contribution in [0.4, 0.5) is 5.69 Å². The van der Waals surface area contributed by atoms with Crippen LogP contribution in [-0.2, 0) is 6.54 Å². The Bertz CT molecular complexity index is 513. The minimum absolute atomic E-state index is 0.107. The molecule has 0 aromatic heterocycles. The van der Waals surface area contributed by atoms with E-state index in [4.69, 9.17) is 0 Å². The molecule has 0 aliphatic carbocycles. The van der Waals surface area contributed by atoms with Gasteiger partial charge in [0.2, 0.25) is 0 Å². The number of aliphatic imine (C=N–C) groups is 1.